The molecule has 5 nitrogen and oxygen atoms in total. The van der Waals surface area contributed by atoms with E-state index in [-0.39, 0.29) is 11.3 Å². The third kappa shape index (κ3) is 2.62. The van der Waals surface area contributed by atoms with Crippen molar-refractivity contribution in [2.24, 2.45) is 0 Å². The van der Waals surface area contributed by atoms with Crippen LogP contribution in [0.15, 0.2) is 23.7 Å². The second kappa shape index (κ2) is 5.76. The zero-order valence-corrected chi connectivity index (χ0v) is 12.5. The second-order valence-corrected chi connectivity index (χ2v) is 5.79. The molecule has 0 amide bonds. The Morgan fingerprint density at radius 3 is 3.10 bits per heavy atom. The maximum atomic E-state index is 5.96. The minimum absolute atomic E-state index is 0.214. The molecule has 3 aromatic rings. The SMILES string of the molecule is CCCC(Nc1nc(Cl)nc2[nH]ncc12)c1cccs1. The number of fused-ring (bicyclic) bond motifs is 1. The average molecular weight is 308 g/mol. The first-order valence-electron chi connectivity index (χ1n) is 6.44. The van der Waals surface area contributed by atoms with E-state index in [0.717, 1.165) is 24.0 Å². The molecule has 0 aromatic carbocycles. The summed E-state index contributed by atoms with van der Waals surface area (Å²) in [5.74, 6) is 0.723. The third-order valence-corrected chi connectivity index (χ3v) is 4.21. The summed E-state index contributed by atoms with van der Waals surface area (Å²) in [7, 11) is 0. The van der Waals surface area contributed by atoms with E-state index in [0.29, 0.717) is 5.65 Å². The van der Waals surface area contributed by atoms with Gasteiger partial charge in [-0.15, -0.1) is 11.3 Å². The molecule has 0 bridgehead atoms. The molecule has 1 atom stereocenters. The predicted molar refractivity (Wildman–Crippen MR) is 82.3 cm³/mol. The van der Waals surface area contributed by atoms with E-state index < -0.39 is 0 Å². The van der Waals surface area contributed by atoms with E-state index in [1.54, 1.807) is 17.5 Å². The number of rotatable bonds is 5. The quantitative estimate of drug-likeness (QED) is 0.699. The monoisotopic (exact) mass is 307 g/mol. The first kappa shape index (κ1) is 13.3. The maximum Gasteiger partial charge on any atom is 0.226 e. The van der Waals surface area contributed by atoms with Gasteiger partial charge in [0.2, 0.25) is 5.28 Å². The zero-order valence-electron chi connectivity index (χ0n) is 10.9. The number of nitrogens with zero attached hydrogens (tertiary/aromatic N) is 3. The van der Waals surface area contributed by atoms with E-state index in [9.17, 15) is 0 Å². The molecule has 0 saturated heterocycles. The van der Waals surface area contributed by atoms with Crippen molar-refractivity contribution < 1.29 is 0 Å². The Kier molecular flexibility index (Phi) is 3.84. The standard InChI is InChI=1S/C13H14ClN5S/c1-2-4-9(10-5-3-6-20-10)16-11-8-7-15-19-12(8)18-13(14)17-11/h3,5-7,9H,2,4H2,1H3,(H2,15,16,17,18,19). The van der Waals surface area contributed by atoms with Gasteiger partial charge in [-0.3, -0.25) is 5.10 Å². The zero-order chi connectivity index (χ0) is 13.9. The normalized spacial score (nSPS) is 12.7. The first-order valence-corrected chi connectivity index (χ1v) is 7.70. The van der Waals surface area contributed by atoms with Gasteiger partial charge in [-0.2, -0.15) is 15.1 Å². The highest BCUT2D eigenvalue weighted by Crippen LogP contribution is 2.29. The van der Waals surface area contributed by atoms with Gasteiger partial charge in [-0.05, 0) is 29.5 Å². The molecule has 2 N–H and O–H groups in total. The van der Waals surface area contributed by atoms with Gasteiger partial charge in [0.25, 0.3) is 0 Å². The number of hydrogen-bond donors (Lipinski definition) is 2. The first-order chi connectivity index (χ1) is 9.78. The largest absolute Gasteiger partial charge is 0.362 e. The lowest BCUT2D eigenvalue weighted by atomic mass is 10.1. The molecule has 0 aliphatic carbocycles. The fourth-order valence-electron chi connectivity index (χ4n) is 2.15. The Hall–Kier alpha value is -1.66. The lowest BCUT2D eigenvalue weighted by Crippen LogP contribution is -2.11. The molecule has 3 heterocycles. The van der Waals surface area contributed by atoms with E-state index in [2.05, 4.69) is 49.9 Å². The molecule has 0 spiro atoms. The van der Waals surface area contributed by atoms with Gasteiger partial charge in [0.1, 0.15) is 5.82 Å². The van der Waals surface area contributed by atoms with Crippen molar-refractivity contribution in [3.05, 3.63) is 33.9 Å². The summed E-state index contributed by atoms with van der Waals surface area (Å²) in [6.07, 6.45) is 3.83. The van der Waals surface area contributed by atoms with Crippen LogP contribution in [0.25, 0.3) is 11.0 Å². The molecule has 3 aromatic heterocycles. The van der Waals surface area contributed by atoms with Crippen molar-refractivity contribution in [1.29, 1.82) is 0 Å². The van der Waals surface area contributed by atoms with Gasteiger partial charge >= 0.3 is 0 Å². The number of aromatic amines is 1. The van der Waals surface area contributed by atoms with Crippen molar-refractivity contribution in [2.75, 3.05) is 5.32 Å². The summed E-state index contributed by atoms with van der Waals surface area (Å²) in [5, 5.41) is 13.4. The maximum absolute atomic E-state index is 5.96. The van der Waals surface area contributed by atoms with Crippen LogP contribution in [-0.4, -0.2) is 20.2 Å². The number of halogens is 1. The van der Waals surface area contributed by atoms with Crippen molar-refractivity contribution >= 4 is 39.8 Å². The van der Waals surface area contributed by atoms with Crippen LogP contribution in [0.1, 0.15) is 30.7 Å². The third-order valence-electron chi connectivity index (χ3n) is 3.06. The van der Waals surface area contributed by atoms with Crippen LogP contribution >= 0.6 is 22.9 Å². The molecule has 7 heteroatoms. The van der Waals surface area contributed by atoms with Gasteiger partial charge in [0.15, 0.2) is 5.65 Å². The highest BCUT2D eigenvalue weighted by Gasteiger charge is 2.15. The highest BCUT2D eigenvalue weighted by molar-refractivity contribution is 7.10. The minimum Gasteiger partial charge on any atom is -0.362 e. The van der Waals surface area contributed by atoms with Gasteiger partial charge in [-0.25, -0.2) is 0 Å². The molecular weight excluding hydrogens is 294 g/mol. The Morgan fingerprint density at radius 1 is 1.45 bits per heavy atom. The number of nitrogens with one attached hydrogen (secondary N) is 2. The summed E-state index contributed by atoms with van der Waals surface area (Å²) in [5.41, 5.74) is 0.647. The van der Waals surface area contributed by atoms with Crippen LogP contribution in [0.5, 0.6) is 0 Å². The molecule has 104 valence electrons. The summed E-state index contributed by atoms with van der Waals surface area (Å²) >= 11 is 7.70. The van der Waals surface area contributed by atoms with E-state index in [1.807, 2.05) is 0 Å². The van der Waals surface area contributed by atoms with Crippen LogP contribution in [-0.2, 0) is 0 Å². The van der Waals surface area contributed by atoms with Crippen molar-refractivity contribution in [1.82, 2.24) is 20.2 Å². The Labute approximate surface area is 125 Å². The molecule has 20 heavy (non-hydrogen) atoms. The second-order valence-electron chi connectivity index (χ2n) is 4.47. The molecular formula is C13H14ClN5S. The fraction of sp³-hybridized carbons (Fsp3) is 0.308. The molecule has 1 unspecified atom stereocenters. The van der Waals surface area contributed by atoms with Gasteiger partial charge < -0.3 is 5.32 Å². The van der Waals surface area contributed by atoms with E-state index in [1.165, 1.54) is 4.88 Å². The van der Waals surface area contributed by atoms with Crippen molar-refractivity contribution in [3.63, 3.8) is 0 Å². The number of H-pyrrole nitrogens is 1. The number of thiophene rings is 1. The van der Waals surface area contributed by atoms with Crippen LogP contribution in [0.2, 0.25) is 5.28 Å². The topological polar surface area (TPSA) is 66.5 Å². The van der Waals surface area contributed by atoms with Crippen LogP contribution < -0.4 is 5.32 Å². The lowest BCUT2D eigenvalue weighted by molar-refractivity contribution is 0.685. The van der Waals surface area contributed by atoms with Crippen molar-refractivity contribution in [2.45, 2.75) is 25.8 Å². The molecule has 3 rings (SSSR count). The van der Waals surface area contributed by atoms with Gasteiger partial charge in [0.05, 0.1) is 17.6 Å². The van der Waals surface area contributed by atoms with Gasteiger partial charge in [-0.1, -0.05) is 19.4 Å². The van der Waals surface area contributed by atoms with E-state index in [4.69, 9.17) is 11.6 Å². The van der Waals surface area contributed by atoms with Crippen LogP contribution in [0.3, 0.4) is 0 Å². The van der Waals surface area contributed by atoms with Crippen LogP contribution in [0, 0.1) is 0 Å². The molecule has 0 fully saturated rings. The van der Waals surface area contributed by atoms with E-state index >= 15 is 0 Å². The lowest BCUT2D eigenvalue weighted by Gasteiger charge is -2.17. The van der Waals surface area contributed by atoms with Gasteiger partial charge in [0, 0.05) is 4.88 Å². The number of aromatic nitrogens is 4. The summed E-state index contributed by atoms with van der Waals surface area (Å²) in [4.78, 5) is 9.69. The Bertz CT molecular complexity index is 694. The molecule has 0 aliphatic rings. The summed E-state index contributed by atoms with van der Waals surface area (Å²) in [6, 6.07) is 4.42. The molecule has 0 saturated carbocycles. The number of anilines is 1. The smallest absolute Gasteiger partial charge is 0.226 e. The Morgan fingerprint density at radius 2 is 2.35 bits per heavy atom. The van der Waals surface area contributed by atoms with Crippen LogP contribution in [0.4, 0.5) is 5.82 Å². The average Bonchev–Trinajstić information content (AvgIpc) is 3.08. The Balaban J connectivity index is 1.96. The molecule has 0 radical (unpaired) electrons. The highest BCUT2D eigenvalue weighted by atomic mass is 35.5. The molecule has 0 aliphatic heterocycles. The number of hydrogen-bond acceptors (Lipinski definition) is 5. The van der Waals surface area contributed by atoms with Crippen molar-refractivity contribution in [3.8, 4) is 0 Å². The summed E-state index contributed by atoms with van der Waals surface area (Å²) in [6.45, 7) is 2.17. The predicted octanol–water partition coefficient (Wildman–Crippen LogP) is 4.02. The summed E-state index contributed by atoms with van der Waals surface area (Å²) < 4.78 is 0. The fourth-order valence-corrected chi connectivity index (χ4v) is 3.13. The minimum atomic E-state index is 0.214.